The van der Waals surface area contributed by atoms with E-state index in [2.05, 4.69) is 29.6 Å². The maximum atomic E-state index is 13.1. The molecule has 2 heterocycles. The van der Waals surface area contributed by atoms with Crippen LogP contribution < -0.4 is 5.73 Å². The van der Waals surface area contributed by atoms with Crippen LogP contribution in [-0.2, 0) is 10.2 Å². The molecule has 1 aromatic heterocycles. The molecule has 3 atom stereocenters. The summed E-state index contributed by atoms with van der Waals surface area (Å²) in [4.78, 5) is 19.9. The van der Waals surface area contributed by atoms with Gasteiger partial charge in [0.25, 0.3) is 0 Å². The molecule has 0 radical (unpaired) electrons. The normalized spacial score (nSPS) is 27.5. The predicted octanol–water partition coefficient (Wildman–Crippen LogP) is 2.85. The summed E-state index contributed by atoms with van der Waals surface area (Å²) in [6.45, 7) is 3.50. The van der Waals surface area contributed by atoms with E-state index in [1.54, 1.807) is 11.3 Å². The van der Waals surface area contributed by atoms with Gasteiger partial charge in [0.15, 0.2) is 0 Å². The van der Waals surface area contributed by atoms with Crippen LogP contribution in [0.5, 0.6) is 0 Å². The van der Waals surface area contributed by atoms with Crippen molar-refractivity contribution in [2.75, 3.05) is 13.1 Å². The molecule has 1 saturated carbocycles. The van der Waals surface area contributed by atoms with Crippen molar-refractivity contribution in [2.24, 2.45) is 11.7 Å². The smallest absolute Gasteiger partial charge is 0.225 e. The second-order valence-electron chi connectivity index (χ2n) is 8.27. The molecule has 28 heavy (non-hydrogen) atoms. The average Bonchev–Trinajstić information content (AvgIpc) is 3.17. The number of nitrogens with two attached hydrogens (primary N) is 1. The largest absolute Gasteiger partial charge is 0.391 e. The van der Waals surface area contributed by atoms with Crippen molar-refractivity contribution in [1.29, 1.82) is 0 Å². The van der Waals surface area contributed by atoms with Gasteiger partial charge in [0.05, 0.1) is 16.8 Å². The Balaban J connectivity index is 1.52. The molecule has 2 aromatic rings. The maximum absolute atomic E-state index is 13.1. The van der Waals surface area contributed by atoms with Crippen LogP contribution in [0, 0.1) is 12.8 Å². The molecule has 1 aliphatic heterocycles. The quantitative estimate of drug-likeness (QED) is 0.832. The fourth-order valence-electron chi connectivity index (χ4n) is 4.79. The fourth-order valence-corrected chi connectivity index (χ4v) is 5.51. The molecule has 2 aliphatic rings. The van der Waals surface area contributed by atoms with E-state index in [4.69, 9.17) is 10.7 Å². The number of aliphatic hydroxyl groups is 1. The standard InChI is InChI=1S/C22H29N3O2S/c1-15-24-20(14-28-15)22(17-5-3-2-4-6-17)9-11-25(12-10-22)21(27)16-7-8-18(23)19(26)13-16/h2-6,14,16,18-19,26H,7-13,23H2,1H3/t16-,18-,19-/m0/s1. The van der Waals surface area contributed by atoms with Crippen LogP contribution in [0.2, 0.25) is 0 Å². The Kier molecular flexibility index (Phi) is 5.54. The number of aromatic nitrogens is 1. The van der Waals surface area contributed by atoms with Crippen molar-refractivity contribution in [3.05, 3.63) is 52.0 Å². The van der Waals surface area contributed by atoms with Crippen LogP contribution in [0.15, 0.2) is 35.7 Å². The Hall–Kier alpha value is -1.76. The van der Waals surface area contributed by atoms with E-state index in [1.165, 1.54) is 5.56 Å². The van der Waals surface area contributed by atoms with E-state index in [9.17, 15) is 9.90 Å². The van der Waals surface area contributed by atoms with Gasteiger partial charge in [-0.2, -0.15) is 0 Å². The van der Waals surface area contributed by atoms with E-state index in [1.807, 2.05) is 17.9 Å². The number of carbonyl (C=O) groups excluding carboxylic acids is 1. The highest BCUT2D eigenvalue weighted by Gasteiger charge is 2.42. The van der Waals surface area contributed by atoms with Gasteiger partial charge in [-0.1, -0.05) is 30.3 Å². The highest BCUT2D eigenvalue weighted by molar-refractivity contribution is 7.09. The zero-order valence-electron chi connectivity index (χ0n) is 16.4. The number of aliphatic hydroxyl groups excluding tert-OH is 1. The number of nitrogens with zero attached hydrogens (tertiary/aromatic N) is 2. The zero-order valence-corrected chi connectivity index (χ0v) is 17.2. The highest BCUT2D eigenvalue weighted by Crippen LogP contribution is 2.42. The number of likely N-dealkylation sites (tertiary alicyclic amines) is 1. The van der Waals surface area contributed by atoms with Gasteiger partial charge in [0.2, 0.25) is 5.91 Å². The molecule has 2 fully saturated rings. The third kappa shape index (κ3) is 3.61. The molecule has 1 aliphatic carbocycles. The molecule has 150 valence electrons. The Labute approximate surface area is 170 Å². The lowest BCUT2D eigenvalue weighted by molar-refractivity contribution is -0.139. The average molecular weight is 400 g/mol. The topological polar surface area (TPSA) is 79.5 Å². The number of hydrogen-bond acceptors (Lipinski definition) is 5. The number of piperidine rings is 1. The monoisotopic (exact) mass is 399 g/mol. The van der Waals surface area contributed by atoms with Crippen LogP contribution in [0.1, 0.15) is 48.4 Å². The number of hydrogen-bond donors (Lipinski definition) is 2. The van der Waals surface area contributed by atoms with Gasteiger partial charge in [0, 0.05) is 35.8 Å². The molecule has 1 saturated heterocycles. The number of thiazole rings is 1. The maximum Gasteiger partial charge on any atom is 0.225 e. The third-order valence-corrected chi connectivity index (χ3v) is 7.36. The molecule has 1 amide bonds. The minimum atomic E-state index is -0.561. The van der Waals surface area contributed by atoms with E-state index >= 15 is 0 Å². The van der Waals surface area contributed by atoms with Gasteiger partial charge in [-0.05, 0) is 44.6 Å². The Morgan fingerprint density at radius 1 is 1.25 bits per heavy atom. The Morgan fingerprint density at radius 3 is 2.57 bits per heavy atom. The number of amides is 1. The van der Waals surface area contributed by atoms with Gasteiger partial charge in [0.1, 0.15) is 0 Å². The van der Waals surface area contributed by atoms with Gasteiger partial charge < -0.3 is 15.7 Å². The van der Waals surface area contributed by atoms with Gasteiger partial charge in [-0.3, -0.25) is 4.79 Å². The van der Waals surface area contributed by atoms with Crippen molar-refractivity contribution in [3.8, 4) is 0 Å². The SMILES string of the molecule is Cc1nc(C2(c3ccccc3)CCN(C(=O)[C@H]3CC[C@H](N)[C@@H](O)C3)CC2)cs1. The zero-order chi connectivity index (χ0) is 19.7. The van der Waals surface area contributed by atoms with Crippen molar-refractivity contribution >= 4 is 17.2 Å². The molecular formula is C22H29N3O2S. The number of benzene rings is 1. The molecule has 0 bridgehead atoms. The minimum Gasteiger partial charge on any atom is -0.391 e. The first kappa shape index (κ1) is 19.6. The summed E-state index contributed by atoms with van der Waals surface area (Å²) < 4.78 is 0. The molecule has 1 aromatic carbocycles. The molecular weight excluding hydrogens is 370 g/mol. The summed E-state index contributed by atoms with van der Waals surface area (Å²) in [6, 6.07) is 10.4. The molecule has 5 nitrogen and oxygen atoms in total. The van der Waals surface area contributed by atoms with E-state index in [0.29, 0.717) is 6.42 Å². The lowest BCUT2D eigenvalue weighted by Gasteiger charge is -2.43. The van der Waals surface area contributed by atoms with Crippen LogP contribution in [-0.4, -0.2) is 46.1 Å². The fraction of sp³-hybridized carbons (Fsp3) is 0.545. The lowest BCUT2D eigenvalue weighted by atomic mass is 9.70. The molecule has 6 heteroatoms. The Morgan fingerprint density at radius 2 is 1.96 bits per heavy atom. The highest BCUT2D eigenvalue weighted by atomic mass is 32.1. The third-order valence-electron chi connectivity index (χ3n) is 6.58. The van der Waals surface area contributed by atoms with E-state index < -0.39 is 6.10 Å². The molecule has 3 N–H and O–H groups in total. The van der Waals surface area contributed by atoms with Gasteiger partial charge in [-0.25, -0.2) is 4.98 Å². The second kappa shape index (κ2) is 7.93. The predicted molar refractivity (Wildman–Crippen MR) is 111 cm³/mol. The first-order chi connectivity index (χ1) is 13.5. The van der Waals surface area contributed by atoms with E-state index in [-0.39, 0.29) is 23.3 Å². The summed E-state index contributed by atoms with van der Waals surface area (Å²) in [5, 5.41) is 13.3. The van der Waals surface area contributed by atoms with Crippen molar-refractivity contribution in [1.82, 2.24) is 9.88 Å². The first-order valence-electron chi connectivity index (χ1n) is 10.2. The van der Waals surface area contributed by atoms with Crippen molar-refractivity contribution < 1.29 is 9.90 Å². The van der Waals surface area contributed by atoms with Crippen LogP contribution in [0.4, 0.5) is 0 Å². The van der Waals surface area contributed by atoms with Crippen LogP contribution in [0.25, 0.3) is 0 Å². The number of carbonyl (C=O) groups is 1. The Bertz CT molecular complexity index is 814. The van der Waals surface area contributed by atoms with Gasteiger partial charge in [-0.15, -0.1) is 11.3 Å². The van der Waals surface area contributed by atoms with E-state index in [0.717, 1.165) is 49.5 Å². The number of aryl methyl sites for hydroxylation is 1. The van der Waals surface area contributed by atoms with Crippen LogP contribution in [0.3, 0.4) is 0 Å². The summed E-state index contributed by atoms with van der Waals surface area (Å²) >= 11 is 1.69. The molecule has 4 rings (SSSR count). The van der Waals surface area contributed by atoms with Crippen molar-refractivity contribution in [2.45, 2.75) is 56.6 Å². The summed E-state index contributed by atoms with van der Waals surface area (Å²) in [7, 11) is 0. The first-order valence-corrected chi connectivity index (χ1v) is 11.1. The second-order valence-corrected chi connectivity index (χ2v) is 9.33. The minimum absolute atomic E-state index is 0.0967. The van der Waals surface area contributed by atoms with Gasteiger partial charge >= 0.3 is 0 Å². The molecule has 0 spiro atoms. The summed E-state index contributed by atoms with van der Waals surface area (Å²) in [6.07, 6.45) is 3.18. The number of rotatable bonds is 3. The summed E-state index contributed by atoms with van der Waals surface area (Å²) in [5.74, 6) is 0.0858. The van der Waals surface area contributed by atoms with Crippen LogP contribution >= 0.6 is 11.3 Å². The summed E-state index contributed by atoms with van der Waals surface area (Å²) in [5.41, 5.74) is 8.19. The van der Waals surface area contributed by atoms with Crippen molar-refractivity contribution in [3.63, 3.8) is 0 Å². The lowest BCUT2D eigenvalue weighted by Crippen LogP contribution is -2.50. The molecule has 0 unspecified atom stereocenters.